The minimum absolute atomic E-state index is 0.141. The third kappa shape index (κ3) is 2.40. The molecule has 0 aliphatic carbocycles. The van der Waals surface area contributed by atoms with Crippen LogP contribution >= 0.6 is 0 Å². The maximum absolute atomic E-state index is 11.5. The molecule has 5 nitrogen and oxygen atoms in total. The Kier molecular flexibility index (Phi) is 3.46. The molecular weight excluding hydrogens is 300 g/mol. The number of nitrogens with one attached hydrogen (secondary N) is 1. The maximum atomic E-state index is 11.5. The van der Waals surface area contributed by atoms with Crippen molar-refractivity contribution in [3.63, 3.8) is 0 Å². The van der Waals surface area contributed by atoms with Crippen LogP contribution in [0.5, 0.6) is 0 Å². The van der Waals surface area contributed by atoms with Crippen LogP contribution in [0.15, 0.2) is 65.8 Å². The Hall–Kier alpha value is -3.21. The van der Waals surface area contributed by atoms with Gasteiger partial charge in [0.2, 0.25) is 5.56 Å². The largest absolute Gasteiger partial charge is 0.329 e. The number of benzene rings is 1. The smallest absolute Gasteiger partial charge is 0.248 e. The average molecular weight is 316 g/mol. The number of aryl methyl sites for hydroxylation is 1. The first kappa shape index (κ1) is 14.4. The molecule has 0 saturated heterocycles. The fourth-order valence-corrected chi connectivity index (χ4v) is 2.90. The lowest BCUT2D eigenvalue weighted by Gasteiger charge is -2.09. The van der Waals surface area contributed by atoms with Gasteiger partial charge in [0, 0.05) is 35.6 Å². The Morgan fingerprint density at radius 3 is 2.75 bits per heavy atom. The molecule has 118 valence electrons. The minimum Gasteiger partial charge on any atom is -0.329 e. The zero-order valence-electron chi connectivity index (χ0n) is 13.2. The van der Waals surface area contributed by atoms with Crippen LogP contribution in [0.1, 0.15) is 12.5 Å². The molecule has 0 aliphatic rings. The molecule has 24 heavy (non-hydrogen) atoms. The van der Waals surface area contributed by atoms with Gasteiger partial charge in [0.1, 0.15) is 0 Å². The van der Waals surface area contributed by atoms with Crippen molar-refractivity contribution in [3.8, 4) is 17.1 Å². The van der Waals surface area contributed by atoms with Crippen LogP contribution in [0.4, 0.5) is 0 Å². The van der Waals surface area contributed by atoms with Crippen LogP contribution in [-0.4, -0.2) is 19.7 Å². The Morgan fingerprint density at radius 2 is 1.96 bits per heavy atom. The highest BCUT2D eigenvalue weighted by Crippen LogP contribution is 2.24. The van der Waals surface area contributed by atoms with Crippen LogP contribution in [0.25, 0.3) is 27.8 Å². The summed E-state index contributed by atoms with van der Waals surface area (Å²) in [6.45, 7) is 2.13. The number of H-pyrrole nitrogens is 1. The summed E-state index contributed by atoms with van der Waals surface area (Å²) in [4.78, 5) is 18.7. The second-order valence-electron chi connectivity index (χ2n) is 5.59. The number of aromatic amines is 1. The van der Waals surface area contributed by atoms with Crippen molar-refractivity contribution in [2.75, 3.05) is 0 Å². The van der Waals surface area contributed by atoms with E-state index in [-0.39, 0.29) is 5.56 Å². The molecule has 0 spiro atoms. The van der Waals surface area contributed by atoms with Gasteiger partial charge in [-0.15, -0.1) is 0 Å². The summed E-state index contributed by atoms with van der Waals surface area (Å²) in [5, 5.41) is 6.86. The highest BCUT2D eigenvalue weighted by atomic mass is 16.1. The zero-order valence-corrected chi connectivity index (χ0v) is 13.2. The van der Waals surface area contributed by atoms with Crippen LogP contribution < -0.4 is 5.56 Å². The Morgan fingerprint density at radius 1 is 1.12 bits per heavy atom. The van der Waals surface area contributed by atoms with E-state index in [1.807, 2.05) is 36.7 Å². The monoisotopic (exact) mass is 316 g/mol. The molecule has 5 heteroatoms. The Labute approximate surface area is 138 Å². The van der Waals surface area contributed by atoms with Crippen molar-refractivity contribution >= 4 is 10.8 Å². The van der Waals surface area contributed by atoms with Crippen LogP contribution in [0, 0.1) is 0 Å². The quantitative estimate of drug-likeness (QED) is 0.630. The van der Waals surface area contributed by atoms with Crippen LogP contribution in [0.2, 0.25) is 0 Å². The molecular formula is C19H16N4O. The number of pyridine rings is 2. The fraction of sp³-hybridized carbons (Fsp3) is 0.105. The van der Waals surface area contributed by atoms with Crippen molar-refractivity contribution in [2.45, 2.75) is 13.3 Å². The SMILES string of the molecule is CCc1cnc(-n2ccc(-c3cc[nH]c(=O)c3)n2)c2ccccc12. The molecule has 0 saturated carbocycles. The number of nitrogens with zero attached hydrogens (tertiary/aromatic N) is 3. The molecule has 4 aromatic rings. The third-order valence-corrected chi connectivity index (χ3v) is 4.11. The van der Waals surface area contributed by atoms with Crippen LogP contribution in [-0.2, 0) is 6.42 Å². The van der Waals surface area contributed by atoms with Gasteiger partial charge in [-0.1, -0.05) is 31.2 Å². The summed E-state index contributed by atoms with van der Waals surface area (Å²) in [5.74, 6) is 0.791. The molecule has 3 heterocycles. The van der Waals surface area contributed by atoms with Crippen molar-refractivity contribution in [2.24, 2.45) is 0 Å². The summed E-state index contributed by atoms with van der Waals surface area (Å²) < 4.78 is 1.76. The zero-order chi connectivity index (χ0) is 16.5. The highest BCUT2D eigenvalue weighted by Gasteiger charge is 2.10. The topological polar surface area (TPSA) is 63.6 Å². The molecule has 1 aromatic carbocycles. The van der Waals surface area contributed by atoms with Crippen molar-refractivity contribution in [1.82, 2.24) is 19.7 Å². The molecule has 0 atom stereocenters. The van der Waals surface area contributed by atoms with E-state index in [9.17, 15) is 4.79 Å². The normalized spacial score (nSPS) is 11.0. The average Bonchev–Trinajstić information content (AvgIpc) is 3.10. The lowest BCUT2D eigenvalue weighted by atomic mass is 10.1. The molecule has 0 radical (unpaired) electrons. The van der Waals surface area contributed by atoms with Gasteiger partial charge in [0.05, 0.1) is 5.69 Å². The summed E-state index contributed by atoms with van der Waals surface area (Å²) in [6.07, 6.45) is 6.34. The number of fused-ring (bicyclic) bond motifs is 1. The van der Waals surface area contributed by atoms with Gasteiger partial charge < -0.3 is 4.98 Å². The van der Waals surface area contributed by atoms with Gasteiger partial charge in [-0.3, -0.25) is 4.79 Å². The molecule has 1 N–H and O–H groups in total. The predicted molar refractivity (Wildman–Crippen MR) is 94.3 cm³/mol. The molecule has 0 bridgehead atoms. The molecule has 0 fully saturated rings. The minimum atomic E-state index is -0.141. The molecule has 0 amide bonds. The second kappa shape index (κ2) is 5.77. The second-order valence-corrected chi connectivity index (χ2v) is 5.59. The first-order valence-corrected chi connectivity index (χ1v) is 7.88. The molecule has 3 aromatic heterocycles. The van der Waals surface area contributed by atoms with Gasteiger partial charge >= 0.3 is 0 Å². The van der Waals surface area contributed by atoms with E-state index in [1.54, 1.807) is 16.9 Å². The molecule has 4 rings (SSSR count). The first-order valence-electron chi connectivity index (χ1n) is 7.88. The highest BCUT2D eigenvalue weighted by molar-refractivity contribution is 5.91. The van der Waals surface area contributed by atoms with E-state index in [2.05, 4.69) is 34.1 Å². The Bertz CT molecular complexity index is 1080. The van der Waals surface area contributed by atoms with Crippen molar-refractivity contribution < 1.29 is 0 Å². The number of hydrogen-bond donors (Lipinski definition) is 1. The first-order chi connectivity index (χ1) is 11.8. The molecule has 0 aliphatic heterocycles. The van der Waals surface area contributed by atoms with E-state index in [1.165, 1.54) is 10.9 Å². The van der Waals surface area contributed by atoms with E-state index in [0.717, 1.165) is 28.9 Å². The van der Waals surface area contributed by atoms with Gasteiger partial charge in [-0.05, 0) is 29.5 Å². The van der Waals surface area contributed by atoms with Crippen LogP contribution in [0.3, 0.4) is 0 Å². The van der Waals surface area contributed by atoms with E-state index < -0.39 is 0 Å². The summed E-state index contributed by atoms with van der Waals surface area (Å²) >= 11 is 0. The van der Waals surface area contributed by atoms with E-state index in [0.29, 0.717) is 0 Å². The molecule has 0 unspecified atom stereocenters. The third-order valence-electron chi connectivity index (χ3n) is 4.11. The maximum Gasteiger partial charge on any atom is 0.248 e. The van der Waals surface area contributed by atoms with Gasteiger partial charge in [-0.2, -0.15) is 5.10 Å². The summed E-state index contributed by atoms with van der Waals surface area (Å²) in [6, 6.07) is 13.5. The fourth-order valence-electron chi connectivity index (χ4n) is 2.90. The van der Waals surface area contributed by atoms with E-state index in [4.69, 9.17) is 0 Å². The van der Waals surface area contributed by atoms with Gasteiger partial charge in [0.25, 0.3) is 0 Å². The lowest BCUT2D eigenvalue weighted by molar-refractivity contribution is 0.856. The summed E-state index contributed by atoms with van der Waals surface area (Å²) in [7, 11) is 0. The van der Waals surface area contributed by atoms with Crippen molar-refractivity contribution in [1.29, 1.82) is 0 Å². The van der Waals surface area contributed by atoms with Gasteiger partial charge in [-0.25, -0.2) is 9.67 Å². The van der Waals surface area contributed by atoms with Gasteiger partial charge in [0.15, 0.2) is 5.82 Å². The lowest BCUT2D eigenvalue weighted by Crippen LogP contribution is -2.03. The van der Waals surface area contributed by atoms with Crippen molar-refractivity contribution in [3.05, 3.63) is 77.0 Å². The predicted octanol–water partition coefficient (Wildman–Crippen LogP) is 3.34. The standard InChI is InChI=1S/C19H16N4O/c1-2-13-12-21-19(16-6-4-3-5-15(13)16)23-10-8-17(22-23)14-7-9-20-18(24)11-14/h3-12H,2H2,1H3,(H,20,24). The number of rotatable bonds is 3. The number of aromatic nitrogens is 4. The Balaban J connectivity index is 1.86. The number of hydrogen-bond acceptors (Lipinski definition) is 3. The summed E-state index contributed by atoms with van der Waals surface area (Å²) in [5.41, 5.74) is 2.60. The van der Waals surface area contributed by atoms with E-state index >= 15 is 0 Å².